The highest BCUT2D eigenvalue weighted by Crippen LogP contribution is 2.20. The second-order valence-electron chi connectivity index (χ2n) is 5.77. The lowest BCUT2D eigenvalue weighted by atomic mass is 9.87. The number of amides is 1. The van der Waals surface area contributed by atoms with E-state index < -0.39 is 0 Å². The minimum Gasteiger partial charge on any atom is -0.356 e. The summed E-state index contributed by atoms with van der Waals surface area (Å²) < 4.78 is 0. The van der Waals surface area contributed by atoms with E-state index >= 15 is 0 Å². The summed E-state index contributed by atoms with van der Waals surface area (Å²) in [5.41, 5.74) is 5.64. The predicted molar refractivity (Wildman–Crippen MR) is 69.2 cm³/mol. The first-order chi connectivity index (χ1) is 7.37. The maximum atomic E-state index is 11.5. The van der Waals surface area contributed by atoms with E-state index in [0.29, 0.717) is 12.3 Å². The lowest BCUT2D eigenvalue weighted by Gasteiger charge is -2.24. The van der Waals surface area contributed by atoms with Crippen LogP contribution in [0.2, 0.25) is 0 Å². The number of nitrogens with one attached hydrogen (secondary N) is 1. The lowest BCUT2D eigenvalue weighted by Crippen LogP contribution is -2.34. The number of nitrogens with two attached hydrogens (primary N) is 1. The first kappa shape index (κ1) is 15.4. The molecule has 3 nitrogen and oxygen atoms in total. The fourth-order valence-corrected chi connectivity index (χ4v) is 1.52. The first-order valence-corrected chi connectivity index (χ1v) is 6.34. The van der Waals surface area contributed by atoms with Crippen LogP contribution in [0.25, 0.3) is 0 Å². The quantitative estimate of drug-likeness (QED) is 0.670. The number of carbonyl (C=O) groups excluding carboxylic acids is 1. The van der Waals surface area contributed by atoms with Gasteiger partial charge in [-0.05, 0) is 37.1 Å². The van der Waals surface area contributed by atoms with Crippen molar-refractivity contribution in [1.82, 2.24) is 5.32 Å². The van der Waals surface area contributed by atoms with Gasteiger partial charge in [-0.25, -0.2) is 0 Å². The van der Waals surface area contributed by atoms with Gasteiger partial charge in [0, 0.05) is 13.0 Å². The van der Waals surface area contributed by atoms with Crippen LogP contribution in [-0.2, 0) is 4.79 Å². The molecule has 0 fully saturated rings. The molecule has 0 heterocycles. The molecule has 1 amide bonds. The molecule has 0 bridgehead atoms. The van der Waals surface area contributed by atoms with Gasteiger partial charge in [0.2, 0.25) is 5.91 Å². The standard InChI is InChI=1S/C13H28N2O/c1-11(2)6-7-12(16)15-10-13(3,4)8-5-9-14/h11H,5-10,14H2,1-4H3,(H,15,16). The fraction of sp³-hybridized carbons (Fsp3) is 0.923. The van der Waals surface area contributed by atoms with Gasteiger partial charge in [0.25, 0.3) is 0 Å². The molecule has 0 spiro atoms. The van der Waals surface area contributed by atoms with Crippen molar-refractivity contribution >= 4 is 5.91 Å². The number of hydrogen-bond acceptors (Lipinski definition) is 2. The van der Waals surface area contributed by atoms with Crippen LogP contribution in [0.15, 0.2) is 0 Å². The fourth-order valence-electron chi connectivity index (χ4n) is 1.52. The Labute approximate surface area is 100 Å². The maximum Gasteiger partial charge on any atom is 0.220 e. The molecule has 0 atom stereocenters. The van der Waals surface area contributed by atoms with Gasteiger partial charge in [-0.3, -0.25) is 4.79 Å². The van der Waals surface area contributed by atoms with Crippen molar-refractivity contribution in [2.45, 2.75) is 53.4 Å². The lowest BCUT2D eigenvalue weighted by molar-refractivity contribution is -0.121. The first-order valence-electron chi connectivity index (χ1n) is 6.34. The molecule has 0 saturated carbocycles. The van der Waals surface area contributed by atoms with E-state index in [-0.39, 0.29) is 11.3 Å². The van der Waals surface area contributed by atoms with Gasteiger partial charge in [-0.1, -0.05) is 27.7 Å². The Bertz CT molecular complexity index is 200. The monoisotopic (exact) mass is 228 g/mol. The molecule has 0 aromatic carbocycles. The molecule has 0 unspecified atom stereocenters. The van der Waals surface area contributed by atoms with Crippen LogP contribution in [0.5, 0.6) is 0 Å². The molecule has 0 aliphatic heterocycles. The summed E-state index contributed by atoms with van der Waals surface area (Å²) in [6.45, 7) is 10.1. The van der Waals surface area contributed by atoms with Crippen molar-refractivity contribution in [3.05, 3.63) is 0 Å². The van der Waals surface area contributed by atoms with Crippen molar-refractivity contribution in [2.24, 2.45) is 17.1 Å². The SMILES string of the molecule is CC(C)CCC(=O)NCC(C)(C)CCCN. The van der Waals surface area contributed by atoms with Crippen molar-refractivity contribution in [3.63, 3.8) is 0 Å². The summed E-state index contributed by atoms with van der Waals surface area (Å²) >= 11 is 0. The third-order valence-electron chi connectivity index (χ3n) is 2.77. The molecule has 0 saturated heterocycles. The van der Waals surface area contributed by atoms with Crippen LogP contribution in [0.3, 0.4) is 0 Å². The Morgan fingerprint density at radius 3 is 2.50 bits per heavy atom. The largest absolute Gasteiger partial charge is 0.356 e. The van der Waals surface area contributed by atoms with Crippen LogP contribution in [0, 0.1) is 11.3 Å². The molecule has 0 aliphatic rings. The second-order valence-corrected chi connectivity index (χ2v) is 5.77. The van der Waals surface area contributed by atoms with E-state index in [1.807, 2.05) is 0 Å². The Morgan fingerprint density at radius 2 is 2.00 bits per heavy atom. The molecule has 96 valence electrons. The van der Waals surface area contributed by atoms with E-state index in [1.165, 1.54) is 0 Å². The zero-order valence-corrected chi connectivity index (χ0v) is 11.3. The minimum absolute atomic E-state index is 0.160. The molecule has 0 aromatic rings. The molecular formula is C13H28N2O. The van der Waals surface area contributed by atoms with Crippen molar-refractivity contribution < 1.29 is 4.79 Å². The summed E-state index contributed by atoms with van der Waals surface area (Å²) in [6.07, 6.45) is 3.70. The highest BCUT2D eigenvalue weighted by atomic mass is 16.1. The molecule has 0 aromatic heterocycles. The highest BCUT2D eigenvalue weighted by Gasteiger charge is 2.17. The van der Waals surface area contributed by atoms with Crippen LogP contribution in [-0.4, -0.2) is 19.0 Å². The predicted octanol–water partition coefficient (Wildman–Crippen LogP) is 2.30. The Balaban J connectivity index is 3.72. The van der Waals surface area contributed by atoms with E-state index in [4.69, 9.17) is 5.73 Å². The zero-order chi connectivity index (χ0) is 12.6. The van der Waals surface area contributed by atoms with E-state index in [1.54, 1.807) is 0 Å². The van der Waals surface area contributed by atoms with Gasteiger partial charge < -0.3 is 11.1 Å². The summed E-state index contributed by atoms with van der Waals surface area (Å²) in [7, 11) is 0. The van der Waals surface area contributed by atoms with Crippen LogP contribution in [0.1, 0.15) is 53.4 Å². The normalized spacial score (nSPS) is 11.9. The summed E-state index contributed by atoms with van der Waals surface area (Å²) in [4.78, 5) is 11.5. The Kier molecular flexibility index (Phi) is 7.39. The maximum absolute atomic E-state index is 11.5. The third-order valence-corrected chi connectivity index (χ3v) is 2.77. The zero-order valence-electron chi connectivity index (χ0n) is 11.3. The van der Waals surface area contributed by atoms with E-state index in [0.717, 1.165) is 32.4 Å². The average Bonchev–Trinajstić information content (AvgIpc) is 2.21. The van der Waals surface area contributed by atoms with E-state index in [9.17, 15) is 4.79 Å². The van der Waals surface area contributed by atoms with Crippen LogP contribution >= 0.6 is 0 Å². The second kappa shape index (κ2) is 7.66. The molecule has 3 heteroatoms. The minimum atomic E-state index is 0.160. The Morgan fingerprint density at radius 1 is 1.38 bits per heavy atom. The van der Waals surface area contributed by atoms with Crippen molar-refractivity contribution in [3.8, 4) is 0 Å². The summed E-state index contributed by atoms with van der Waals surface area (Å²) in [6, 6.07) is 0. The molecule has 0 radical (unpaired) electrons. The molecule has 0 aliphatic carbocycles. The van der Waals surface area contributed by atoms with Gasteiger partial charge >= 0.3 is 0 Å². The summed E-state index contributed by atoms with van der Waals surface area (Å²) in [5.74, 6) is 0.769. The molecular weight excluding hydrogens is 200 g/mol. The van der Waals surface area contributed by atoms with Gasteiger partial charge in [0.1, 0.15) is 0 Å². The number of hydrogen-bond donors (Lipinski definition) is 2. The topological polar surface area (TPSA) is 55.1 Å². The molecule has 16 heavy (non-hydrogen) atoms. The van der Waals surface area contributed by atoms with Gasteiger partial charge in [0.05, 0.1) is 0 Å². The van der Waals surface area contributed by atoms with Crippen LogP contribution < -0.4 is 11.1 Å². The van der Waals surface area contributed by atoms with Gasteiger partial charge in [-0.2, -0.15) is 0 Å². The number of carbonyl (C=O) groups is 1. The molecule has 3 N–H and O–H groups in total. The van der Waals surface area contributed by atoms with Crippen LogP contribution in [0.4, 0.5) is 0 Å². The summed E-state index contributed by atoms with van der Waals surface area (Å²) in [5, 5.41) is 3.01. The number of rotatable bonds is 8. The van der Waals surface area contributed by atoms with Crippen molar-refractivity contribution in [1.29, 1.82) is 0 Å². The van der Waals surface area contributed by atoms with Gasteiger partial charge in [0.15, 0.2) is 0 Å². The van der Waals surface area contributed by atoms with Gasteiger partial charge in [-0.15, -0.1) is 0 Å². The smallest absolute Gasteiger partial charge is 0.220 e. The third kappa shape index (κ3) is 8.72. The average molecular weight is 228 g/mol. The van der Waals surface area contributed by atoms with E-state index in [2.05, 4.69) is 33.0 Å². The molecule has 0 rings (SSSR count). The van der Waals surface area contributed by atoms with Crippen molar-refractivity contribution in [2.75, 3.05) is 13.1 Å². The Hall–Kier alpha value is -0.570. The highest BCUT2D eigenvalue weighted by molar-refractivity contribution is 5.75.